The number of unbranched alkanes of at least 4 members (excludes halogenated alkanes) is 2. The van der Waals surface area contributed by atoms with E-state index in [0.717, 1.165) is 36.8 Å². The number of ether oxygens (including phenoxy) is 1. The molecule has 2 N–H and O–H groups in total. The predicted molar refractivity (Wildman–Crippen MR) is 195 cm³/mol. The van der Waals surface area contributed by atoms with E-state index in [9.17, 15) is 24.3 Å². The molecular formula is C40H47N5O6. The van der Waals surface area contributed by atoms with Crippen LogP contribution in [0.3, 0.4) is 0 Å². The van der Waals surface area contributed by atoms with Crippen LogP contribution in [0.15, 0.2) is 72.8 Å². The lowest BCUT2D eigenvalue weighted by Gasteiger charge is -2.36. The molecule has 51 heavy (non-hydrogen) atoms. The Bertz CT molecular complexity index is 1860. The van der Waals surface area contributed by atoms with E-state index < -0.39 is 11.9 Å². The summed E-state index contributed by atoms with van der Waals surface area (Å²) in [5.74, 6) is -0.573. The number of Topliss-reactive ketones (excluding diaryl/α,β-unsaturated/α-hetero) is 1. The molecule has 11 heteroatoms. The minimum absolute atomic E-state index is 0.0683. The van der Waals surface area contributed by atoms with Gasteiger partial charge in [-0.2, -0.15) is 5.10 Å². The number of carbonyl (C=O) groups excluding carboxylic acids is 4. The second-order valence-electron chi connectivity index (χ2n) is 13.0. The Morgan fingerprint density at radius 3 is 2.27 bits per heavy atom. The van der Waals surface area contributed by atoms with Gasteiger partial charge in [0.05, 0.1) is 23.9 Å². The Morgan fingerprint density at radius 2 is 1.63 bits per heavy atom. The highest BCUT2D eigenvalue weighted by Gasteiger charge is 2.32. The molecule has 0 radical (unpaired) electrons. The predicted octanol–water partition coefficient (Wildman–Crippen LogP) is 6.00. The number of amides is 3. The van der Waals surface area contributed by atoms with Crippen LogP contribution in [0.4, 0.5) is 5.69 Å². The molecule has 3 aromatic carbocycles. The van der Waals surface area contributed by atoms with Gasteiger partial charge < -0.3 is 25.0 Å². The molecular weight excluding hydrogens is 646 g/mol. The molecule has 3 amide bonds. The third kappa shape index (κ3) is 8.90. The summed E-state index contributed by atoms with van der Waals surface area (Å²) in [6, 6.07) is 20.7. The number of hydrogen-bond donors (Lipinski definition) is 2. The minimum atomic E-state index is -0.456. The van der Waals surface area contributed by atoms with Crippen molar-refractivity contribution in [3.8, 4) is 11.4 Å². The van der Waals surface area contributed by atoms with Crippen molar-refractivity contribution < 1.29 is 29.0 Å². The summed E-state index contributed by atoms with van der Waals surface area (Å²) in [4.78, 5) is 56.3. The number of aryl methyl sites for hydroxylation is 1. The molecule has 0 fully saturated rings. The fourth-order valence-electron chi connectivity index (χ4n) is 6.24. The summed E-state index contributed by atoms with van der Waals surface area (Å²) in [6.07, 6.45) is 4.22. The first-order valence-electron chi connectivity index (χ1n) is 17.7. The van der Waals surface area contributed by atoms with E-state index in [-0.39, 0.29) is 36.4 Å². The van der Waals surface area contributed by atoms with Crippen molar-refractivity contribution in [2.45, 2.75) is 72.4 Å². The van der Waals surface area contributed by atoms with E-state index in [1.54, 1.807) is 58.1 Å². The number of hydrogen-bond acceptors (Lipinski definition) is 7. The first-order chi connectivity index (χ1) is 24.6. The lowest BCUT2D eigenvalue weighted by molar-refractivity contribution is -0.118. The standard InChI is InChI=1S/C40H47N5O6/c1-5-7-19-43(20-8-6-2)40(50)36-21-27(3)45(42-36)37-18-15-32(41-38(48)26-51-34-16-13-29(14-17-34)28(4)47)23-35(37)39(49)44-24-31-12-10-9-11-30(31)22-33(44)25-46/h9-18,21,23,33,46H,5-8,19-20,22,24-26H2,1-4H3,(H,41,48)/t33-/m0/s1. The molecule has 1 aliphatic heterocycles. The highest BCUT2D eigenvalue weighted by atomic mass is 16.5. The number of rotatable bonds is 15. The van der Waals surface area contributed by atoms with Crippen molar-refractivity contribution in [1.82, 2.24) is 19.6 Å². The fraction of sp³-hybridized carbons (Fsp3) is 0.375. The van der Waals surface area contributed by atoms with Gasteiger partial charge in [-0.15, -0.1) is 0 Å². The molecule has 0 unspecified atom stereocenters. The summed E-state index contributed by atoms with van der Waals surface area (Å²) >= 11 is 0. The summed E-state index contributed by atoms with van der Waals surface area (Å²) in [5, 5.41) is 17.9. The molecule has 0 bridgehead atoms. The van der Waals surface area contributed by atoms with Crippen LogP contribution in [-0.2, 0) is 17.8 Å². The van der Waals surface area contributed by atoms with E-state index >= 15 is 0 Å². The lowest BCUT2D eigenvalue weighted by atomic mass is 9.93. The molecule has 0 spiro atoms. The second kappa shape index (κ2) is 17.1. The zero-order valence-electron chi connectivity index (χ0n) is 29.9. The van der Waals surface area contributed by atoms with Crippen molar-refractivity contribution >= 4 is 29.2 Å². The number of aromatic nitrogens is 2. The van der Waals surface area contributed by atoms with Gasteiger partial charge in [0.2, 0.25) is 0 Å². The van der Waals surface area contributed by atoms with Gasteiger partial charge in [-0.1, -0.05) is 51.0 Å². The number of ketones is 1. The van der Waals surface area contributed by atoms with Crippen LogP contribution < -0.4 is 10.1 Å². The monoisotopic (exact) mass is 693 g/mol. The summed E-state index contributed by atoms with van der Waals surface area (Å²) < 4.78 is 7.24. The van der Waals surface area contributed by atoms with Crippen molar-refractivity contribution in [2.75, 3.05) is 31.6 Å². The highest BCUT2D eigenvalue weighted by molar-refractivity contribution is 6.01. The minimum Gasteiger partial charge on any atom is -0.484 e. The normalized spacial score (nSPS) is 13.7. The van der Waals surface area contributed by atoms with Gasteiger partial charge in [0, 0.05) is 36.6 Å². The quantitative estimate of drug-likeness (QED) is 0.146. The molecule has 0 saturated heterocycles. The van der Waals surface area contributed by atoms with Gasteiger partial charge in [0.25, 0.3) is 17.7 Å². The summed E-state index contributed by atoms with van der Waals surface area (Å²) in [6.45, 7) is 8.58. The van der Waals surface area contributed by atoms with Crippen LogP contribution >= 0.6 is 0 Å². The number of aliphatic hydroxyl groups excluding tert-OH is 1. The molecule has 11 nitrogen and oxygen atoms in total. The van der Waals surface area contributed by atoms with Gasteiger partial charge in [-0.05, 0) is 92.8 Å². The number of carbonyl (C=O) groups is 4. The zero-order chi connectivity index (χ0) is 36.5. The van der Waals surface area contributed by atoms with Gasteiger partial charge in [0.15, 0.2) is 18.1 Å². The highest BCUT2D eigenvalue weighted by Crippen LogP contribution is 2.29. The number of fused-ring (bicyclic) bond motifs is 1. The molecule has 5 rings (SSSR count). The van der Waals surface area contributed by atoms with E-state index in [1.165, 1.54) is 6.92 Å². The first kappa shape index (κ1) is 37.0. The van der Waals surface area contributed by atoms with E-state index in [2.05, 4.69) is 19.2 Å². The number of benzene rings is 3. The lowest BCUT2D eigenvalue weighted by Crippen LogP contribution is -2.46. The van der Waals surface area contributed by atoms with Crippen LogP contribution in [0.2, 0.25) is 0 Å². The van der Waals surface area contributed by atoms with E-state index in [1.807, 2.05) is 36.1 Å². The molecule has 1 atom stereocenters. The summed E-state index contributed by atoms with van der Waals surface area (Å²) in [5.41, 5.74) is 4.65. The van der Waals surface area contributed by atoms with Crippen LogP contribution in [-0.4, -0.2) is 80.5 Å². The Balaban J connectivity index is 1.46. The van der Waals surface area contributed by atoms with Gasteiger partial charge >= 0.3 is 0 Å². The van der Waals surface area contributed by atoms with Crippen molar-refractivity contribution in [1.29, 1.82) is 0 Å². The number of anilines is 1. The summed E-state index contributed by atoms with van der Waals surface area (Å²) in [7, 11) is 0. The second-order valence-corrected chi connectivity index (χ2v) is 13.0. The van der Waals surface area contributed by atoms with Crippen LogP contribution in [0, 0.1) is 6.92 Å². The SMILES string of the molecule is CCCCN(CCCC)C(=O)c1cc(C)n(-c2ccc(NC(=O)COc3ccc(C(C)=O)cc3)cc2C(=O)N2Cc3ccccc3C[C@H]2CO)n1. The molecule has 0 saturated carbocycles. The van der Waals surface area contributed by atoms with Gasteiger partial charge in [-0.3, -0.25) is 19.2 Å². The number of nitrogens with zero attached hydrogens (tertiary/aromatic N) is 4. The molecule has 1 aliphatic rings. The number of aliphatic hydroxyl groups is 1. The zero-order valence-corrected chi connectivity index (χ0v) is 29.9. The van der Waals surface area contributed by atoms with Gasteiger partial charge in [0.1, 0.15) is 5.75 Å². The largest absolute Gasteiger partial charge is 0.484 e. The van der Waals surface area contributed by atoms with E-state index in [0.29, 0.717) is 60.1 Å². The van der Waals surface area contributed by atoms with Crippen molar-refractivity contribution in [3.63, 3.8) is 0 Å². The fourth-order valence-corrected chi connectivity index (χ4v) is 6.24. The van der Waals surface area contributed by atoms with Gasteiger partial charge in [-0.25, -0.2) is 4.68 Å². The molecule has 4 aromatic rings. The first-order valence-corrected chi connectivity index (χ1v) is 17.7. The maximum absolute atomic E-state index is 14.5. The maximum atomic E-state index is 14.5. The van der Waals surface area contributed by atoms with Crippen LogP contribution in [0.25, 0.3) is 5.69 Å². The van der Waals surface area contributed by atoms with Crippen molar-refractivity contribution in [3.05, 3.63) is 106 Å². The number of nitrogens with one attached hydrogen (secondary N) is 1. The van der Waals surface area contributed by atoms with Crippen LogP contribution in [0.1, 0.15) is 94.5 Å². The van der Waals surface area contributed by atoms with Crippen LogP contribution in [0.5, 0.6) is 5.75 Å². The maximum Gasteiger partial charge on any atom is 0.274 e. The Morgan fingerprint density at radius 1 is 0.941 bits per heavy atom. The topological polar surface area (TPSA) is 134 Å². The molecule has 0 aliphatic carbocycles. The third-order valence-corrected chi connectivity index (χ3v) is 9.15. The van der Waals surface area contributed by atoms with Crippen molar-refractivity contribution in [2.24, 2.45) is 0 Å². The smallest absolute Gasteiger partial charge is 0.274 e. The Hall–Kier alpha value is -5.29. The average Bonchev–Trinajstić information content (AvgIpc) is 3.54. The third-order valence-electron chi connectivity index (χ3n) is 9.15. The molecule has 268 valence electrons. The molecule has 2 heterocycles. The molecule has 1 aromatic heterocycles. The van der Waals surface area contributed by atoms with E-state index in [4.69, 9.17) is 9.84 Å². The Kier molecular flexibility index (Phi) is 12.4. The average molecular weight is 694 g/mol. The Labute approximate surface area is 299 Å².